The van der Waals surface area contributed by atoms with E-state index in [1.54, 1.807) is 46.2 Å². The first-order valence-corrected chi connectivity index (χ1v) is 11.7. The highest BCUT2D eigenvalue weighted by Crippen LogP contribution is 2.31. The number of carbonyl (C=O) groups is 2. The van der Waals surface area contributed by atoms with Gasteiger partial charge in [0.05, 0.1) is 16.1 Å². The van der Waals surface area contributed by atoms with Crippen LogP contribution in [0.15, 0.2) is 47.4 Å². The number of anilines is 2. The number of rotatable bonds is 5. The summed E-state index contributed by atoms with van der Waals surface area (Å²) in [5.74, 6) is -0.134. The molecule has 0 unspecified atom stereocenters. The molecule has 2 aliphatic heterocycles. The Hall–Kier alpha value is -2.87. The molecule has 1 fully saturated rings. The van der Waals surface area contributed by atoms with E-state index >= 15 is 0 Å². The van der Waals surface area contributed by atoms with Crippen LogP contribution in [0.2, 0.25) is 0 Å². The lowest BCUT2D eigenvalue weighted by molar-refractivity contribution is -0.118. The van der Waals surface area contributed by atoms with Crippen LogP contribution in [0.1, 0.15) is 42.1 Å². The molecule has 30 heavy (non-hydrogen) atoms. The van der Waals surface area contributed by atoms with Crippen LogP contribution in [0, 0.1) is 0 Å². The summed E-state index contributed by atoms with van der Waals surface area (Å²) in [4.78, 5) is 28.5. The summed E-state index contributed by atoms with van der Waals surface area (Å²) >= 11 is 0. The summed E-state index contributed by atoms with van der Waals surface area (Å²) in [5, 5.41) is 0. The normalized spacial score (nSPS) is 15.9. The van der Waals surface area contributed by atoms with Crippen molar-refractivity contribution in [2.45, 2.75) is 37.5 Å². The van der Waals surface area contributed by atoms with Crippen molar-refractivity contribution in [3.8, 4) is 0 Å². The number of hydrogen-bond acceptors (Lipinski definition) is 4. The van der Waals surface area contributed by atoms with Crippen LogP contribution in [-0.4, -0.2) is 44.8 Å². The SMILES string of the molecule is CCC(=O)N1CCc2cc(S(=O)(=O)Nc3ccccc3C(=O)N3CCCC3)ccc21. The van der Waals surface area contributed by atoms with E-state index in [2.05, 4.69) is 4.72 Å². The van der Waals surface area contributed by atoms with Crippen molar-refractivity contribution in [3.05, 3.63) is 53.6 Å². The first-order chi connectivity index (χ1) is 14.4. The summed E-state index contributed by atoms with van der Waals surface area (Å²) in [6.45, 7) is 3.76. The van der Waals surface area contributed by atoms with Crippen LogP contribution < -0.4 is 9.62 Å². The minimum absolute atomic E-state index is 0.0248. The van der Waals surface area contributed by atoms with Gasteiger partial charge in [-0.1, -0.05) is 19.1 Å². The van der Waals surface area contributed by atoms with Gasteiger partial charge in [0.2, 0.25) is 5.91 Å². The van der Waals surface area contributed by atoms with Gasteiger partial charge in [-0.25, -0.2) is 8.42 Å². The van der Waals surface area contributed by atoms with Gasteiger partial charge < -0.3 is 9.80 Å². The fourth-order valence-electron chi connectivity index (χ4n) is 4.05. The van der Waals surface area contributed by atoms with Gasteiger partial charge >= 0.3 is 0 Å². The molecule has 2 aliphatic rings. The zero-order valence-electron chi connectivity index (χ0n) is 16.9. The minimum Gasteiger partial charge on any atom is -0.339 e. The highest BCUT2D eigenvalue weighted by atomic mass is 32.2. The largest absolute Gasteiger partial charge is 0.339 e. The molecule has 0 bridgehead atoms. The first-order valence-electron chi connectivity index (χ1n) is 10.2. The predicted octanol–water partition coefficient (Wildman–Crippen LogP) is 3.02. The van der Waals surface area contributed by atoms with E-state index in [9.17, 15) is 18.0 Å². The molecular formula is C22H25N3O4S. The van der Waals surface area contributed by atoms with Crippen molar-refractivity contribution >= 4 is 33.2 Å². The summed E-state index contributed by atoms with van der Waals surface area (Å²) in [7, 11) is -3.88. The van der Waals surface area contributed by atoms with E-state index in [0.29, 0.717) is 38.0 Å². The molecule has 2 amide bonds. The molecule has 2 heterocycles. The van der Waals surface area contributed by atoms with E-state index in [1.165, 1.54) is 6.07 Å². The lowest BCUT2D eigenvalue weighted by Crippen LogP contribution is -2.29. The Morgan fingerprint density at radius 3 is 2.50 bits per heavy atom. The Bertz CT molecular complexity index is 1090. The van der Waals surface area contributed by atoms with Crippen molar-refractivity contribution in [1.29, 1.82) is 0 Å². The minimum atomic E-state index is -3.88. The van der Waals surface area contributed by atoms with E-state index in [4.69, 9.17) is 0 Å². The van der Waals surface area contributed by atoms with Crippen LogP contribution in [0.5, 0.6) is 0 Å². The first kappa shape index (κ1) is 20.4. The van der Waals surface area contributed by atoms with Gasteiger partial charge in [0.1, 0.15) is 0 Å². The van der Waals surface area contributed by atoms with Crippen molar-refractivity contribution in [3.63, 3.8) is 0 Å². The van der Waals surface area contributed by atoms with Crippen molar-refractivity contribution < 1.29 is 18.0 Å². The number of amides is 2. The second-order valence-electron chi connectivity index (χ2n) is 7.59. The number of sulfonamides is 1. The molecule has 2 aromatic carbocycles. The number of carbonyl (C=O) groups excluding carboxylic acids is 2. The summed E-state index contributed by atoms with van der Waals surface area (Å²) in [6, 6.07) is 11.5. The highest BCUT2D eigenvalue weighted by molar-refractivity contribution is 7.92. The van der Waals surface area contributed by atoms with Gasteiger partial charge in [-0.05, 0) is 55.2 Å². The maximum atomic E-state index is 13.1. The smallest absolute Gasteiger partial charge is 0.261 e. The number of likely N-dealkylation sites (tertiary alicyclic amines) is 1. The molecule has 0 spiro atoms. The summed E-state index contributed by atoms with van der Waals surface area (Å²) in [6.07, 6.45) is 2.95. The molecule has 7 nitrogen and oxygen atoms in total. The average Bonchev–Trinajstić information content (AvgIpc) is 3.42. The Morgan fingerprint density at radius 2 is 1.77 bits per heavy atom. The fourth-order valence-corrected chi connectivity index (χ4v) is 5.18. The molecule has 0 aliphatic carbocycles. The standard InChI is InChI=1S/C22H25N3O4S/c1-2-21(26)25-14-11-16-15-17(9-10-20(16)25)30(28,29)23-19-8-4-3-7-18(19)22(27)24-12-5-6-13-24/h3-4,7-10,15,23H,2,5-6,11-14H2,1H3. The number of nitrogens with one attached hydrogen (secondary N) is 1. The predicted molar refractivity (Wildman–Crippen MR) is 115 cm³/mol. The van der Waals surface area contributed by atoms with Crippen molar-refractivity contribution in [1.82, 2.24) is 4.90 Å². The summed E-state index contributed by atoms with van der Waals surface area (Å²) in [5.41, 5.74) is 2.23. The van der Waals surface area contributed by atoms with E-state index in [-0.39, 0.29) is 22.4 Å². The van der Waals surface area contributed by atoms with Crippen molar-refractivity contribution in [2.75, 3.05) is 29.3 Å². The second-order valence-corrected chi connectivity index (χ2v) is 9.27. The molecule has 158 valence electrons. The monoisotopic (exact) mass is 427 g/mol. The molecule has 8 heteroatoms. The molecular weight excluding hydrogens is 402 g/mol. The van der Waals surface area contributed by atoms with Crippen LogP contribution in [0.25, 0.3) is 0 Å². The van der Waals surface area contributed by atoms with Gasteiger partial charge in [-0.15, -0.1) is 0 Å². The Labute approximate surface area is 176 Å². The number of benzene rings is 2. The zero-order valence-corrected chi connectivity index (χ0v) is 17.7. The number of para-hydroxylation sites is 1. The number of fused-ring (bicyclic) bond motifs is 1. The molecule has 0 atom stereocenters. The lowest BCUT2D eigenvalue weighted by atomic mass is 10.1. The Kier molecular flexibility index (Phi) is 5.51. The van der Waals surface area contributed by atoms with Crippen LogP contribution >= 0.6 is 0 Å². The highest BCUT2D eigenvalue weighted by Gasteiger charge is 2.27. The molecule has 1 saturated heterocycles. The van der Waals surface area contributed by atoms with Gasteiger partial charge in [0, 0.05) is 31.7 Å². The van der Waals surface area contributed by atoms with Crippen LogP contribution in [0.4, 0.5) is 11.4 Å². The quantitative estimate of drug-likeness (QED) is 0.795. The topological polar surface area (TPSA) is 86.8 Å². The molecule has 0 saturated carbocycles. The maximum absolute atomic E-state index is 13.1. The number of hydrogen-bond donors (Lipinski definition) is 1. The lowest BCUT2D eigenvalue weighted by Gasteiger charge is -2.19. The van der Waals surface area contributed by atoms with Gasteiger partial charge in [0.15, 0.2) is 0 Å². The molecule has 2 aromatic rings. The third-order valence-electron chi connectivity index (χ3n) is 5.66. The second kappa shape index (κ2) is 8.10. The van der Waals surface area contributed by atoms with Gasteiger partial charge in [-0.3, -0.25) is 14.3 Å². The van der Waals surface area contributed by atoms with Crippen LogP contribution in [-0.2, 0) is 21.2 Å². The van der Waals surface area contributed by atoms with Crippen LogP contribution in [0.3, 0.4) is 0 Å². The average molecular weight is 428 g/mol. The number of nitrogens with zero attached hydrogens (tertiary/aromatic N) is 2. The van der Waals surface area contributed by atoms with Gasteiger partial charge in [-0.2, -0.15) is 0 Å². The van der Waals surface area contributed by atoms with Crippen molar-refractivity contribution in [2.24, 2.45) is 0 Å². The third kappa shape index (κ3) is 3.79. The Balaban J connectivity index is 1.60. The van der Waals surface area contributed by atoms with Gasteiger partial charge in [0.25, 0.3) is 15.9 Å². The van der Waals surface area contributed by atoms with E-state index in [1.807, 2.05) is 6.92 Å². The molecule has 0 aromatic heterocycles. The molecule has 1 N–H and O–H groups in total. The third-order valence-corrected chi connectivity index (χ3v) is 7.02. The van der Waals surface area contributed by atoms with E-state index in [0.717, 1.165) is 24.1 Å². The Morgan fingerprint density at radius 1 is 1.03 bits per heavy atom. The molecule has 4 rings (SSSR count). The van der Waals surface area contributed by atoms with E-state index < -0.39 is 10.0 Å². The molecule has 0 radical (unpaired) electrons. The summed E-state index contributed by atoms with van der Waals surface area (Å²) < 4.78 is 28.7. The fraction of sp³-hybridized carbons (Fsp3) is 0.364. The maximum Gasteiger partial charge on any atom is 0.261 e. The zero-order chi connectivity index (χ0) is 21.3.